The lowest BCUT2D eigenvalue weighted by molar-refractivity contribution is 0.273. The van der Waals surface area contributed by atoms with Gasteiger partial charge in [-0.1, -0.05) is 12.8 Å². The van der Waals surface area contributed by atoms with Gasteiger partial charge in [0.05, 0.1) is 6.07 Å². The molecule has 1 nitrogen and oxygen atoms in total. The zero-order chi connectivity index (χ0) is 8.81. The standard InChI is InChI=1S/C10H16ClN/c11-7-3-6-9-4-1-2-5-10(9)8-12/h9-10H,1-7H2. The molecule has 2 unspecified atom stereocenters. The number of rotatable bonds is 3. The molecular formula is C10H16ClN. The molecule has 1 aliphatic carbocycles. The molecule has 1 aliphatic rings. The van der Waals surface area contributed by atoms with E-state index in [2.05, 4.69) is 6.07 Å². The van der Waals surface area contributed by atoms with E-state index in [9.17, 15) is 0 Å². The van der Waals surface area contributed by atoms with Crippen LogP contribution in [0.4, 0.5) is 0 Å². The number of hydrogen-bond acceptors (Lipinski definition) is 1. The van der Waals surface area contributed by atoms with Crippen LogP contribution in [0.3, 0.4) is 0 Å². The third-order valence-corrected chi connectivity index (χ3v) is 3.05. The largest absolute Gasteiger partial charge is 0.198 e. The van der Waals surface area contributed by atoms with Gasteiger partial charge < -0.3 is 0 Å². The lowest BCUT2D eigenvalue weighted by Gasteiger charge is -2.26. The predicted octanol–water partition coefficient (Wildman–Crippen LogP) is 3.34. The highest BCUT2D eigenvalue weighted by Gasteiger charge is 2.23. The normalized spacial score (nSPS) is 29.7. The summed E-state index contributed by atoms with van der Waals surface area (Å²) in [5.74, 6) is 1.71. The molecule has 12 heavy (non-hydrogen) atoms. The van der Waals surface area contributed by atoms with Crippen molar-refractivity contribution in [3.05, 3.63) is 0 Å². The highest BCUT2D eigenvalue weighted by atomic mass is 35.5. The van der Waals surface area contributed by atoms with Crippen LogP contribution >= 0.6 is 11.6 Å². The van der Waals surface area contributed by atoms with Crippen LogP contribution in [0.25, 0.3) is 0 Å². The maximum absolute atomic E-state index is 8.88. The van der Waals surface area contributed by atoms with Crippen LogP contribution in [-0.4, -0.2) is 5.88 Å². The molecule has 68 valence electrons. The number of nitriles is 1. The lowest BCUT2D eigenvalue weighted by Crippen LogP contribution is -2.17. The molecule has 1 saturated carbocycles. The fourth-order valence-corrected chi connectivity index (χ4v) is 2.22. The Bertz CT molecular complexity index is 162. The van der Waals surface area contributed by atoms with Gasteiger partial charge >= 0.3 is 0 Å². The van der Waals surface area contributed by atoms with Gasteiger partial charge in [0, 0.05) is 11.8 Å². The molecule has 0 radical (unpaired) electrons. The van der Waals surface area contributed by atoms with Crippen molar-refractivity contribution < 1.29 is 0 Å². The fraction of sp³-hybridized carbons (Fsp3) is 0.900. The molecule has 0 aromatic carbocycles. The van der Waals surface area contributed by atoms with Crippen molar-refractivity contribution in [1.29, 1.82) is 5.26 Å². The summed E-state index contributed by atoms with van der Waals surface area (Å²) in [6.45, 7) is 0. The van der Waals surface area contributed by atoms with Gasteiger partial charge in [-0.3, -0.25) is 0 Å². The minimum atomic E-state index is 0.321. The maximum atomic E-state index is 8.88. The molecule has 0 heterocycles. The van der Waals surface area contributed by atoms with Gasteiger partial charge in [0.25, 0.3) is 0 Å². The summed E-state index contributed by atoms with van der Waals surface area (Å²) in [5.41, 5.74) is 0. The van der Waals surface area contributed by atoms with Crippen molar-refractivity contribution in [3.8, 4) is 6.07 Å². The van der Waals surface area contributed by atoms with Crippen LogP contribution in [0.1, 0.15) is 38.5 Å². The molecule has 0 aromatic rings. The Morgan fingerprint density at radius 3 is 2.75 bits per heavy atom. The first-order valence-electron chi connectivity index (χ1n) is 4.84. The molecule has 0 bridgehead atoms. The Hall–Kier alpha value is -0.220. The average Bonchev–Trinajstić information content (AvgIpc) is 2.15. The van der Waals surface area contributed by atoms with Gasteiger partial charge in [-0.25, -0.2) is 0 Å². The SMILES string of the molecule is N#CC1CCCCC1CCCCl. The second-order valence-corrected chi connectivity index (χ2v) is 3.99. The summed E-state index contributed by atoms with van der Waals surface area (Å²) in [5, 5.41) is 8.88. The molecule has 0 aromatic heterocycles. The first-order valence-corrected chi connectivity index (χ1v) is 5.37. The average molecular weight is 186 g/mol. The minimum absolute atomic E-state index is 0.321. The third-order valence-electron chi connectivity index (χ3n) is 2.78. The van der Waals surface area contributed by atoms with E-state index in [-0.39, 0.29) is 0 Å². The van der Waals surface area contributed by atoms with Gasteiger partial charge in [-0.05, 0) is 31.6 Å². The van der Waals surface area contributed by atoms with Crippen molar-refractivity contribution in [2.45, 2.75) is 38.5 Å². The van der Waals surface area contributed by atoms with Crippen LogP contribution in [-0.2, 0) is 0 Å². The molecule has 1 fully saturated rings. The number of nitrogens with zero attached hydrogens (tertiary/aromatic N) is 1. The van der Waals surface area contributed by atoms with Crippen LogP contribution in [0.5, 0.6) is 0 Å². The molecule has 2 atom stereocenters. The van der Waals surface area contributed by atoms with Crippen LogP contribution in [0.2, 0.25) is 0 Å². The Balaban J connectivity index is 2.32. The Labute approximate surface area is 79.7 Å². The van der Waals surface area contributed by atoms with Crippen LogP contribution in [0, 0.1) is 23.2 Å². The lowest BCUT2D eigenvalue weighted by atomic mass is 9.78. The Morgan fingerprint density at radius 2 is 2.08 bits per heavy atom. The van der Waals surface area contributed by atoms with E-state index < -0.39 is 0 Å². The highest BCUT2D eigenvalue weighted by molar-refractivity contribution is 6.17. The summed E-state index contributed by atoms with van der Waals surface area (Å²) < 4.78 is 0. The van der Waals surface area contributed by atoms with E-state index in [1.165, 1.54) is 19.3 Å². The third kappa shape index (κ3) is 2.68. The zero-order valence-corrected chi connectivity index (χ0v) is 8.19. The molecule has 0 amide bonds. The Kier molecular flexibility index (Phi) is 4.46. The van der Waals surface area contributed by atoms with Crippen molar-refractivity contribution >= 4 is 11.6 Å². The predicted molar refractivity (Wildman–Crippen MR) is 51.0 cm³/mol. The smallest absolute Gasteiger partial charge is 0.0658 e. The highest BCUT2D eigenvalue weighted by Crippen LogP contribution is 2.32. The number of halogens is 1. The topological polar surface area (TPSA) is 23.8 Å². The van der Waals surface area contributed by atoms with E-state index >= 15 is 0 Å². The maximum Gasteiger partial charge on any atom is 0.0658 e. The van der Waals surface area contributed by atoms with Gasteiger partial charge in [0.2, 0.25) is 0 Å². The number of hydrogen-bond donors (Lipinski definition) is 0. The minimum Gasteiger partial charge on any atom is -0.198 e. The first kappa shape index (κ1) is 9.86. The van der Waals surface area contributed by atoms with Gasteiger partial charge in [0.1, 0.15) is 0 Å². The molecule has 0 N–H and O–H groups in total. The van der Waals surface area contributed by atoms with Gasteiger partial charge in [-0.2, -0.15) is 5.26 Å². The second kappa shape index (κ2) is 5.43. The second-order valence-electron chi connectivity index (χ2n) is 3.61. The van der Waals surface area contributed by atoms with E-state index in [1.807, 2.05) is 0 Å². The fourth-order valence-electron chi connectivity index (χ4n) is 2.06. The molecule has 1 rings (SSSR count). The van der Waals surface area contributed by atoms with E-state index in [0.29, 0.717) is 11.8 Å². The van der Waals surface area contributed by atoms with Crippen LogP contribution < -0.4 is 0 Å². The molecule has 0 spiro atoms. The summed E-state index contributed by atoms with van der Waals surface area (Å²) in [4.78, 5) is 0. The van der Waals surface area contributed by atoms with Gasteiger partial charge in [0.15, 0.2) is 0 Å². The monoisotopic (exact) mass is 185 g/mol. The van der Waals surface area contributed by atoms with E-state index in [4.69, 9.17) is 16.9 Å². The van der Waals surface area contributed by atoms with Crippen LogP contribution in [0.15, 0.2) is 0 Å². The first-order chi connectivity index (χ1) is 5.88. The van der Waals surface area contributed by atoms with Crippen molar-refractivity contribution in [2.75, 3.05) is 5.88 Å². The summed E-state index contributed by atoms with van der Waals surface area (Å²) in [7, 11) is 0. The molecular weight excluding hydrogens is 170 g/mol. The zero-order valence-electron chi connectivity index (χ0n) is 7.43. The summed E-state index contributed by atoms with van der Waals surface area (Å²) >= 11 is 5.63. The quantitative estimate of drug-likeness (QED) is 0.619. The molecule has 0 aliphatic heterocycles. The molecule has 2 heteroatoms. The summed E-state index contributed by atoms with van der Waals surface area (Å²) in [6, 6.07) is 2.42. The van der Waals surface area contributed by atoms with E-state index in [1.54, 1.807) is 0 Å². The molecule has 0 saturated heterocycles. The van der Waals surface area contributed by atoms with Gasteiger partial charge in [-0.15, -0.1) is 11.6 Å². The van der Waals surface area contributed by atoms with Crippen molar-refractivity contribution in [1.82, 2.24) is 0 Å². The number of alkyl halides is 1. The van der Waals surface area contributed by atoms with Crippen molar-refractivity contribution in [2.24, 2.45) is 11.8 Å². The Morgan fingerprint density at radius 1 is 1.33 bits per heavy atom. The van der Waals surface area contributed by atoms with E-state index in [0.717, 1.165) is 25.1 Å². The summed E-state index contributed by atoms with van der Waals surface area (Å²) in [6.07, 6.45) is 7.14. The van der Waals surface area contributed by atoms with Crippen molar-refractivity contribution in [3.63, 3.8) is 0 Å².